The number of rotatable bonds is 5. The van der Waals surface area contributed by atoms with Gasteiger partial charge in [0.25, 0.3) is 0 Å². The van der Waals surface area contributed by atoms with E-state index < -0.39 is 0 Å². The topological polar surface area (TPSA) is 41.9 Å². The normalized spacial score (nSPS) is 10.6. The summed E-state index contributed by atoms with van der Waals surface area (Å²) in [6, 6.07) is 10.4. The van der Waals surface area contributed by atoms with Crippen LogP contribution >= 0.6 is 11.3 Å². The molecule has 0 radical (unpaired) electrons. The molecule has 6 heteroatoms. The lowest BCUT2D eigenvalue weighted by atomic mass is 10.2. The fourth-order valence-corrected chi connectivity index (χ4v) is 2.91. The molecule has 0 bridgehead atoms. The van der Waals surface area contributed by atoms with Crippen LogP contribution in [0, 0.1) is 5.82 Å². The van der Waals surface area contributed by atoms with Crippen molar-refractivity contribution in [2.45, 2.75) is 13.0 Å². The lowest BCUT2D eigenvalue weighted by Crippen LogP contribution is -2.16. The van der Waals surface area contributed by atoms with E-state index in [1.54, 1.807) is 29.7 Å². The van der Waals surface area contributed by atoms with Crippen molar-refractivity contribution in [3.63, 3.8) is 0 Å². The van der Waals surface area contributed by atoms with Gasteiger partial charge in [-0.25, -0.2) is 4.39 Å². The van der Waals surface area contributed by atoms with Gasteiger partial charge in [-0.2, -0.15) is 0 Å². The van der Waals surface area contributed by atoms with Gasteiger partial charge in [0.2, 0.25) is 5.13 Å². The zero-order valence-electron chi connectivity index (χ0n) is 12.1. The van der Waals surface area contributed by atoms with E-state index in [-0.39, 0.29) is 5.82 Å². The van der Waals surface area contributed by atoms with E-state index in [1.807, 2.05) is 30.3 Å². The summed E-state index contributed by atoms with van der Waals surface area (Å²) in [5, 5.41) is 10.2. The Kier molecular flexibility index (Phi) is 4.39. The molecule has 1 aromatic carbocycles. The van der Waals surface area contributed by atoms with Crippen LogP contribution in [0.4, 0.5) is 9.52 Å². The standard InChI is InChI=1S/C16H15FN4S/c1-21(11-13-3-2-8-18-10-13)16-20-19-15(22-16)9-12-4-6-14(17)7-5-12/h2-8,10H,9,11H2,1H3. The lowest BCUT2D eigenvalue weighted by Gasteiger charge is -2.14. The highest BCUT2D eigenvalue weighted by atomic mass is 32.1. The van der Waals surface area contributed by atoms with Crippen molar-refractivity contribution in [3.05, 3.63) is 70.7 Å². The maximum absolute atomic E-state index is 12.9. The van der Waals surface area contributed by atoms with Crippen LogP contribution in [-0.4, -0.2) is 22.2 Å². The molecular weight excluding hydrogens is 299 g/mol. The monoisotopic (exact) mass is 314 g/mol. The number of aromatic nitrogens is 3. The molecule has 22 heavy (non-hydrogen) atoms. The quantitative estimate of drug-likeness (QED) is 0.724. The second kappa shape index (κ2) is 6.62. The molecule has 4 nitrogen and oxygen atoms in total. The van der Waals surface area contributed by atoms with Crippen LogP contribution in [0.2, 0.25) is 0 Å². The first-order chi connectivity index (χ1) is 10.7. The summed E-state index contributed by atoms with van der Waals surface area (Å²) in [5.41, 5.74) is 2.15. The SMILES string of the molecule is CN(Cc1cccnc1)c1nnc(Cc2ccc(F)cc2)s1. The fourth-order valence-electron chi connectivity index (χ4n) is 2.08. The molecule has 112 valence electrons. The Balaban J connectivity index is 1.66. The van der Waals surface area contributed by atoms with Crippen LogP contribution in [0.15, 0.2) is 48.8 Å². The number of nitrogens with zero attached hydrogens (tertiary/aromatic N) is 4. The van der Waals surface area contributed by atoms with Crippen LogP contribution < -0.4 is 4.90 Å². The molecule has 3 aromatic rings. The second-order valence-corrected chi connectivity index (χ2v) is 6.04. The third-order valence-corrected chi connectivity index (χ3v) is 4.23. The molecular formula is C16H15FN4S. The van der Waals surface area contributed by atoms with Crippen LogP contribution in [0.5, 0.6) is 0 Å². The fraction of sp³-hybridized carbons (Fsp3) is 0.188. The smallest absolute Gasteiger partial charge is 0.208 e. The van der Waals surface area contributed by atoms with Crippen LogP contribution in [0.3, 0.4) is 0 Å². The van der Waals surface area contributed by atoms with Gasteiger partial charge in [-0.05, 0) is 29.3 Å². The number of halogens is 1. The van der Waals surface area contributed by atoms with Crippen LogP contribution in [0.25, 0.3) is 0 Å². The van der Waals surface area contributed by atoms with Gasteiger partial charge in [-0.1, -0.05) is 29.5 Å². The first kappa shape index (κ1) is 14.6. The van der Waals surface area contributed by atoms with Gasteiger partial charge >= 0.3 is 0 Å². The molecule has 0 atom stereocenters. The van der Waals surface area contributed by atoms with E-state index >= 15 is 0 Å². The molecule has 0 unspecified atom stereocenters. The highest BCUT2D eigenvalue weighted by Crippen LogP contribution is 2.22. The predicted molar refractivity (Wildman–Crippen MR) is 85.5 cm³/mol. The van der Waals surface area contributed by atoms with E-state index in [1.165, 1.54) is 12.1 Å². The molecule has 0 saturated carbocycles. The molecule has 0 saturated heterocycles. The average molecular weight is 314 g/mol. The Morgan fingerprint density at radius 2 is 1.91 bits per heavy atom. The van der Waals surface area contributed by atoms with Crippen LogP contribution in [0.1, 0.15) is 16.1 Å². The van der Waals surface area contributed by atoms with Crippen molar-refractivity contribution in [2.24, 2.45) is 0 Å². The zero-order valence-corrected chi connectivity index (χ0v) is 12.9. The molecule has 2 aromatic heterocycles. The summed E-state index contributed by atoms with van der Waals surface area (Å²) in [7, 11) is 1.98. The molecule has 0 fully saturated rings. The molecule has 0 amide bonds. The van der Waals surface area contributed by atoms with E-state index in [0.717, 1.165) is 27.8 Å². The van der Waals surface area contributed by atoms with Crippen molar-refractivity contribution in [3.8, 4) is 0 Å². The number of hydrogen-bond acceptors (Lipinski definition) is 5. The summed E-state index contributed by atoms with van der Waals surface area (Å²) in [6.07, 6.45) is 4.27. The van der Waals surface area contributed by atoms with Crippen molar-refractivity contribution >= 4 is 16.5 Å². The van der Waals surface area contributed by atoms with Gasteiger partial charge in [0, 0.05) is 32.4 Å². The minimum absolute atomic E-state index is 0.224. The molecule has 2 heterocycles. The number of anilines is 1. The lowest BCUT2D eigenvalue weighted by molar-refractivity contribution is 0.627. The van der Waals surface area contributed by atoms with E-state index in [2.05, 4.69) is 15.2 Å². The zero-order chi connectivity index (χ0) is 15.4. The van der Waals surface area contributed by atoms with Crippen molar-refractivity contribution in [1.82, 2.24) is 15.2 Å². The first-order valence-corrected chi connectivity index (χ1v) is 7.69. The third kappa shape index (κ3) is 3.65. The Hall–Kier alpha value is -2.34. The maximum Gasteiger partial charge on any atom is 0.208 e. The summed E-state index contributed by atoms with van der Waals surface area (Å²) >= 11 is 1.55. The Morgan fingerprint density at radius 3 is 2.64 bits per heavy atom. The van der Waals surface area contributed by atoms with Crippen molar-refractivity contribution in [1.29, 1.82) is 0 Å². The summed E-state index contributed by atoms with van der Waals surface area (Å²) < 4.78 is 12.9. The molecule has 0 aliphatic rings. The van der Waals surface area contributed by atoms with Gasteiger partial charge in [0.15, 0.2) is 0 Å². The molecule has 0 N–H and O–H groups in total. The van der Waals surface area contributed by atoms with Crippen molar-refractivity contribution < 1.29 is 4.39 Å². The van der Waals surface area contributed by atoms with E-state index in [0.29, 0.717) is 6.42 Å². The largest absolute Gasteiger partial charge is 0.345 e. The highest BCUT2D eigenvalue weighted by molar-refractivity contribution is 7.15. The minimum Gasteiger partial charge on any atom is -0.345 e. The first-order valence-electron chi connectivity index (χ1n) is 6.87. The van der Waals surface area contributed by atoms with Gasteiger partial charge in [-0.3, -0.25) is 4.98 Å². The summed E-state index contributed by atoms with van der Waals surface area (Å²) in [4.78, 5) is 6.15. The van der Waals surface area contributed by atoms with Gasteiger partial charge in [0.05, 0.1) is 0 Å². The summed E-state index contributed by atoms with van der Waals surface area (Å²) in [5.74, 6) is -0.224. The predicted octanol–water partition coefficient (Wildman–Crippen LogP) is 3.30. The van der Waals surface area contributed by atoms with Gasteiger partial charge < -0.3 is 4.90 Å². The van der Waals surface area contributed by atoms with Gasteiger partial charge in [0.1, 0.15) is 10.8 Å². The van der Waals surface area contributed by atoms with Crippen LogP contribution in [-0.2, 0) is 13.0 Å². The number of hydrogen-bond donors (Lipinski definition) is 0. The maximum atomic E-state index is 12.9. The molecule has 0 aliphatic carbocycles. The molecule has 0 aliphatic heterocycles. The molecule has 3 rings (SSSR count). The minimum atomic E-state index is -0.224. The Labute approximate surface area is 132 Å². The van der Waals surface area contributed by atoms with Crippen molar-refractivity contribution in [2.75, 3.05) is 11.9 Å². The van der Waals surface area contributed by atoms with E-state index in [4.69, 9.17) is 0 Å². The highest BCUT2D eigenvalue weighted by Gasteiger charge is 2.10. The Morgan fingerprint density at radius 1 is 1.09 bits per heavy atom. The van der Waals surface area contributed by atoms with Gasteiger partial charge in [-0.15, -0.1) is 10.2 Å². The van der Waals surface area contributed by atoms with E-state index in [9.17, 15) is 4.39 Å². The third-order valence-electron chi connectivity index (χ3n) is 3.19. The second-order valence-electron chi connectivity index (χ2n) is 5.00. The average Bonchev–Trinajstić information content (AvgIpc) is 2.99. The number of benzene rings is 1. The Bertz CT molecular complexity index is 727. The number of pyridine rings is 1. The summed E-state index contributed by atoms with van der Waals surface area (Å²) in [6.45, 7) is 0.735. The molecule has 0 spiro atoms.